The maximum atomic E-state index is 17.5. The molecule has 3 aliphatic carbocycles. The van der Waals surface area contributed by atoms with E-state index in [2.05, 4.69) is 0 Å². The molecule has 10 aromatic rings. The first-order chi connectivity index (χ1) is 58.7. The van der Waals surface area contributed by atoms with E-state index in [1.165, 1.54) is 0 Å². The number of hydrogen-bond acceptors (Lipinski definition) is 26. The lowest BCUT2D eigenvalue weighted by Crippen LogP contribution is -2.53. The number of benzene rings is 8. The summed E-state index contributed by atoms with van der Waals surface area (Å²) in [6.07, 6.45) is -0.845. The minimum absolute atomic E-state index is 0.0184. The second-order valence-electron chi connectivity index (χ2n) is 27.9. The molecule has 8 aromatic carbocycles. The highest BCUT2D eigenvalue weighted by atomic mass is 32.1. The Morgan fingerprint density at radius 2 is 0.529 bits per heavy atom. The predicted octanol–water partition coefficient (Wildman–Crippen LogP) is 13.7. The molecule has 0 spiro atoms. The molecule has 0 radical (unpaired) electrons. The van der Waals surface area contributed by atoms with Gasteiger partial charge in [0.15, 0.2) is 0 Å². The molecule has 26 nitrogen and oxygen atoms in total. The molecule has 121 heavy (non-hydrogen) atoms. The Labute approximate surface area is 697 Å². The van der Waals surface area contributed by atoms with Crippen molar-refractivity contribution in [3.63, 3.8) is 0 Å². The van der Waals surface area contributed by atoms with Crippen LogP contribution in [-0.4, -0.2) is 92.9 Å². The molecule has 0 bridgehead atoms. The zero-order valence-electron chi connectivity index (χ0n) is 64.1. The molecule has 15 rings (SSSR count). The number of imide groups is 6. The van der Waals surface area contributed by atoms with E-state index in [1.807, 2.05) is 0 Å². The van der Waals surface area contributed by atoms with E-state index in [0.717, 1.165) is 26.0 Å². The second-order valence-corrected chi connectivity index (χ2v) is 30.0. The van der Waals surface area contributed by atoms with Crippen molar-refractivity contribution in [1.29, 1.82) is 10.5 Å². The molecule has 2 aliphatic heterocycles. The molecule has 0 unspecified atom stereocenters. The van der Waals surface area contributed by atoms with E-state index in [1.54, 1.807) is 255 Å². The minimum Gasteiger partial charge on any atom is -0.459 e. The Morgan fingerprint density at radius 1 is 0.314 bits per heavy atom. The first-order valence-electron chi connectivity index (χ1n) is 37.4. The lowest BCUT2D eigenvalue weighted by Gasteiger charge is -2.35. The molecule has 0 fully saturated rings. The van der Waals surface area contributed by atoms with Gasteiger partial charge in [-0.05, 0) is 70.5 Å². The Morgan fingerprint density at radius 3 is 0.752 bits per heavy atom. The molecule has 28 heteroatoms. The number of hydrogen-bond donors (Lipinski definition) is 0. The largest absolute Gasteiger partial charge is 0.459 e. The first-order valence-corrected chi connectivity index (χ1v) is 39.0. The highest BCUT2D eigenvalue weighted by molar-refractivity contribution is 7.24. The summed E-state index contributed by atoms with van der Waals surface area (Å²) in [5.41, 5.74) is -16.1. The summed E-state index contributed by atoms with van der Waals surface area (Å²) in [7, 11) is 0. The van der Waals surface area contributed by atoms with Gasteiger partial charge in [-0.3, -0.25) is 47.9 Å². The average Bonchev–Trinajstić information content (AvgIpc) is 1.48. The standard InChI is InChI=1S/C93H64N6O20S2/c1-55-65(45-94)79(100)98(89(110)118-53-63-39-23-9-24-40-63)81(102)75(55)96-69-43-67-71(91(69,83(104)112-47-57-27-11-3-12-28-57)84(105)113-48-58-29-13-4-14-30-58)73-77(120-67)78-74(93(73,87(108)116-51-61-35-19-7-20-36-61)88(109)117-52-62-37-21-8-22-38-62)72-68(121-78)44-70(92(72,85(106)114-49-59-31-15-5-16-32-59)86(107)115-50-60-33-17-6-18-34-60)97-76-56(2)66(46-95)80(101)99(82(76)103)90(111)119-54-64-41-25-10-26-42-64/h3-44H,47-54H2,1-2H3/b96-75+,97-76+. The number of ether oxygens (including phenoxy) is 8. The minimum atomic E-state index is -3.46. The number of nitrogens with zero attached hydrogens (tertiary/aromatic N) is 6. The van der Waals surface area contributed by atoms with Gasteiger partial charge < -0.3 is 37.9 Å². The number of nitriles is 2. The van der Waals surface area contributed by atoms with Gasteiger partial charge in [0.05, 0.1) is 21.1 Å². The van der Waals surface area contributed by atoms with Crippen molar-refractivity contribution < 1.29 is 95.4 Å². The van der Waals surface area contributed by atoms with Gasteiger partial charge in [-0.25, -0.2) is 19.6 Å². The number of fused-ring (bicyclic) bond motifs is 7. The van der Waals surface area contributed by atoms with E-state index < -0.39 is 208 Å². The third-order valence-electron chi connectivity index (χ3n) is 20.6. The summed E-state index contributed by atoms with van der Waals surface area (Å²) in [6.45, 7) is -2.67. The van der Waals surface area contributed by atoms with E-state index >= 15 is 38.4 Å². The van der Waals surface area contributed by atoms with Gasteiger partial charge >= 0.3 is 48.0 Å². The number of carbonyl (C=O) groups excluding carboxylic acids is 12. The Hall–Kier alpha value is -15.5. The molecule has 6 amide bonds. The van der Waals surface area contributed by atoms with Gasteiger partial charge in [-0.15, -0.1) is 22.7 Å². The molecule has 4 heterocycles. The molecule has 0 saturated heterocycles. The summed E-state index contributed by atoms with van der Waals surface area (Å²) in [5.74, 6) is -15.4. The third-order valence-corrected chi connectivity index (χ3v) is 23.0. The van der Waals surface area contributed by atoms with Crippen molar-refractivity contribution in [2.45, 2.75) is 82.9 Å². The van der Waals surface area contributed by atoms with Gasteiger partial charge in [-0.1, -0.05) is 243 Å². The molecular weight excluding hydrogens is 1590 g/mol. The number of rotatable bonds is 24. The van der Waals surface area contributed by atoms with Crippen LogP contribution in [0.5, 0.6) is 0 Å². The molecule has 0 atom stereocenters. The summed E-state index contributed by atoms with van der Waals surface area (Å²) < 4.78 is 49.6. The first kappa shape index (κ1) is 80.7. The lowest BCUT2D eigenvalue weighted by atomic mass is 9.67. The zero-order chi connectivity index (χ0) is 84.7. The fraction of sp³-hybridized carbons (Fsp3) is 0.140. The van der Waals surface area contributed by atoms with Crippen LogP contribution in [0, 0.1) is 22.7 Å². The average molecular weight is 1650 g/mol. The van der Waals surface area contributed by atoms with Crippen LogP contribution in [0.2, 0.25) is 0 Å². The number of thiophene rings is 2. The number of amides is 6. The van der Waals surface area contributed by atoms with Gasteiger partial charge in [0.1, 0.15) is 87.6 Å². The van der Waals surface area contributed by atoms with Crippen molar-refractivity contribution in [2.24, 2.45) is 9.98 Å². The van der Waals surface area contributed by atoms with Crippen LogP contribution in [0.1, 0.15) is 90.4 Å². The number of aliphatic imine (C=N–C) groups is 2. The quantitative estimate of drug-likeness (QED) is 0.0235. The summed E-state index contributed by atoms with van der Waals surface area (Å²) in [5, 5.41) is 21.7. The fourth-order valence-corrected chi connectivity index (χ4v) is 17.4. The van der Waals surface area contributed by atoms with Crippen molar-refractivity contribution in [1.82, 2.24) is 9.80 Å². The maximum absolute atomic E-state index is 17.5. The second kappa shape index (κ2) is 34.3. The van der Waals surface area contributed by atoms with E-state index in [9.17, 15) is 29.7 Å². The summed E-state index contributed by atoms with van der Waals surface area (Å²) in [4.78, 5) is 200. The maximum Gasteiger partial charge on any atom is 0.424 e. The van der Waals surface area contributed by atoms with Crippen LogP contribution in [0.4, 0.5) is 9.59 Å². The van der Waals surface area contributed by atoms with Crippen LogP contribution in [0.15, 0.2) is 286 Å². The van der Waals surface area contributed by atoms with Gasteiger partial charge in [-0.2, -0.15) is 20.3 Å². The van der Waals surface area contributed by atoms with Crippen LogP contribution in [0.25, 0.3) is 21.9 Å². The fourth-order valence-electron chi connectivity index (χ4n) is 14.6. The van der Waals surface area contributed by atoms with E-state index in [4.69, 9.17) is 47.9 Å². The Bertz CT molecular complexity index is 5740. The summed E-state index contributed by atoms with van der Waals surface area (Å²) in [6, 6.07) is 68.4. The highest BCUT2D eigenvalue weighted by Crippen LogP contribution is 2.68. The van der Waals surface area contributed by atoms with Gasteiger partial charge in [0, 0.05) is 43.2 Å². The van der Waals surface area contributed by atoms with Crippen molar-refractivity contribution in [2.75, 3.05) is 0 Å². The normalized spacial score (nSPS) is 15.7. The van der Waals surface area contributed by atoms with Gasteiger partial charge in [0.25, 0.3) is 23.6 Å². The Balaban J connectivity index is 1.03. The molecule has 5 aliphatic rings. The molecule has 0 saturated carbocycles. The van der Waals surface area contributed by atoms with E-state index in [-0.39, 0.29) is 29.3 Å². The van der Waals surface area contributed by atoms with Crippen molar-refractivity contribution >= 4 is 118 Å². The molecule has 0 N–H and O–H groups in total. The Kier molecular flexibility index (Phi) is 22.9. The van der Waals surface area contributed by atoms with Crippen molar-refractivity contribution in [3.05, 3.63) is 353 Å². The predicted molar refractivity (Wildman–Crippen MR) is 434 cm³/mol. The smallest absolute Gasteiger partial charge is 0.424 e. The molecule has 2 aromatic heterocycles. The van der Waals surface area contributed by atoms with Crippen LogP contribution in [0.3, 0.4) is 0 Å². The SMILES string of the molecule is CC1=C(C#N)C(=O)N(C(=O)OCc2ccccc2)C(=O)/C1=N/C1=Cc2sc3c(c2C1(C(=O)OCc1ccccc1)C(=O)OCc1ccccc1)C(C(=O)OCc1ccccc1)(C(=O)OCc1ccccc1)c1c-3sc2c1C(C(=O)OCc1ccccc1)(C(=O)OCc1ccccc1)C(/N=C1/C(=O)N(C(=O)OCc3ccccc3)C(=O)C(C#N)=C1C)=C2. The highest BCUT2D eigenvalue weighted by Gasteiger charge is 2.73. The van der Waals surface area contributed by atoms with Crippen LogP contribution in [-0.2, 0) is 155 Å². The van der Waals surface area contributed by atoms with Crippen molar-refractivity contribution in [3.8, 4) is 21.9 Å². The van der Waals surface area contributed by atoms with Crippen LogP contribution >= 0.6 is 22.7 Å². The molecule has 598 valence electrons. The zero-order valence-corrected chi connectivity index (χ0v) is 65.7. The lowest BCUT2D eigenvalue weighted by molar-refractivity contribution is -0.168. The number of carbonyl (C=O) groups is 12. The molecular formula is C93H64N6O20S2. The number of esters is 6. The van der Waals surface area contributed by atoms with E-state index in [0.29, 0.717) is 67.2 Å². The third kappa shape index (κ3) is 14.8. The monoisotopic (exact) mass is 1650 g/mol. The summed E-state index contributed by atoms with van der Waals surface area (Å²) >= 11 is 1.40. The van der Waals surface area contributed by atoms with Crippen LogP contribution < -0.4 is 0 Å². The topological polar surface area (TPSA) is 357 Å². The van der Waals surface area contributed by atoms with Gasteiger partial charge in [0.2, 0.25) is 16.2 Å².